The van der Waals surface area contributed by atoms with E-state index in [1.54, 1.807) is 10.6 Å². The number of nitrogens with one attached hydrogen (secondary N) is 1. The Bertz CT molecular complexity index is 862. The Morgan fingerprint density at radius 3 is 2.88 bits per heavy atom. The minimum absolute atomic E-state index is 0.0338. The highest BCUT2D eigenvalue weighted by molar-refractivity contribution is 7.99. The first-order valence-corrected chi connectivity index (χ1v) is 10.5. The molecular formula is C14H19N5O3S2. The molecule has 0 aliphatic carbocycles. The number of hydrogen-bond acceptors (Lipinski definition) is 7. The van der Waals surface area contributed by atoms with E-state index in [1.165, 1.54) is 11.8 Å². The first-order valence-electron chi connectivity index (χ1n) is 7.69. The van der Waals surface area contributed by atoms with Crippen LogP contribution in [-0.4, -0.2) is 57.4 Å². The molecule has 0 saturated carbocycles. The molecule has 1 N–H and O–H groups in total. The van der Waals surface area contributed by atoms with E-state index in [4.69, 9.17) is 0 Å². The molecule has 2 aromatic rings. The number of aromatic nitrogens is 4. The van der Waals surface area contributed by atoms with Crippen molar-refractivity contribution in [2.75, 3.05) is 17.3 Å². The van der Waals surface area contributed by atoms with Crippen LogP contribution in [0.5, 0.6) is 0 Å². The Morgan fingerprint density at radius 1 is 1.42 bits per heavy atom. The highest BCUT2D eigenvalue weighted by atomic mass is 32.2. The molecule has 3 heterocycles. The van der Waals surface area contributed by atoms with Gasteiger partial charge in [0.1, 0.15) is 5.03 Å². The van der Waals surface area contributed by atoms with Crippen LogP contribution in [0.1, 0.15) is 32.0 Å². The summed E-state index contributed by atoms with van der Waals surface area (Å²) in [5.74, 6) is 1.15. The fourth-order valence-corrected chi connectivity index (χ4v) is 4.88. The molecule has 0 unspecified atom stereocenters. The minimum Gasteiger partial charge on any atom is -0.352 e. The maximum Gasteiger partial charge on any atom is 0.230 e. The van der Waals surface area contributed by atoms with Crippen molar-refractivity contribution in [2.45, 2.75) is 37.3 Å². The van der Waals surface area contributed by atoms with Gasteiger partial charge in [-0.25, -0.2) is 8.42 Å². The van der Waals surface area contributed by atoms with Crippen molar-refractivity contribution < 1.29 is 13.2 Å². The lowest BCUT2D eigenvalue weighted by molar-refractivity contribution is -0.119. The third kappa shape index (κ3) is 3.86. The van der Waals surface area contributed by atoms with Crippen molar-refractivity contribution in [2.24, 2.45) is 0 Å². The van der Waals surface area contributed by atoms with Crippen LogP contribution in [-0.2, 0) is 14.6 Å². The topological polar surface area (TPSA) is 106 Å². The highest BCUT2D eigenvalue weighted by Crippen LogP contribution is 2.18. The number of rotatable bonds is 5. The normalized spacial score (nSPS) is 19.9. The Hall–Kier alpha value is -1.68. The summed E-state index contributed by atoms with van der Waals surface area (Å²) in [5, 5.41) is 16.1. The molecule has 10 heteroatoms. The smallest absolute Gasteiger partial charge is 0.230 e. The Labute approximate surface area is 144 Å². The van der Waals surface area contributed by atoms with E-state index in [9.17, 15) is 13.2 Å². The van der Waals surface area contributed by atoms with Crippen LogP contribution in [0.25, 0.3) is 5.65 Å². The number of fused-ring (bicyclic) bond motifs is 1. The largest absolute Gasteiger partial charge is 0.352 e. The summed E-state index contributed by atoms with van der Waals surface area (Å²) in [6, 6.07) is 3.34. The van der Waals surface area contributed by atoms with Gasteiger partial charge in [0.05, 0.1) is 17.3 Å². The van der Waals surface area contributed by atoms with Crippen LogP contribution >= 0.6 is 11.8 Å². The van der Waals surface area contributed by atoms with Gasteiger partial charge in [0.15, 0.2) is 21.3 Å². The fraction of sp³-hybridized carbons (Fsp3) is 0.571. The Morgan fingerprint density at radius 2 is 2.21 bits per heavy atom. The van der Waals surface area contributed by atoms with Crippen LogP contribution in [0.3, 0.4) is 0 Å². The van der Waals surface area contributed by atoms with Gasteiger partial charge in [0.2, 0.25) is 5.91 Å². The number of nitrogens with zero attached hydrogens (tertiary/aromatic N) is 4. The zero-order valence-corrected chi connectivity index (χ0v) is 15.1. The Kier molecular flexibility index (Phi) is 4.77. The van der Waals surface area contributed by atoms with Gasteiger partial charge >= 0.3 is 0 Å². The molecule has 8 nitrogen and oxygen atoms in total. The van der Waals surface area contributed by atoms with E-state index in [-0.39, 0.29) is 35.1 Å². The molecule has 0 bridgehead atoms. The van der Waals surface area contributed by atoms with Gasteiger partial charge in [-0.3, -0.25) is 4.79 Å². The lowest BCUT2D eigenvalue weighted by Gasteiger charge is -2.10. The SMILES string of the molecule is CC(C)c1nnc2ccc(SCC(=O)N[C@H]3CCS(=O)(=O)C3)nn12. The summed E-state index contributed by atoms with van der Waals surface area (Å²) in [5.41, 5.74) is 0.670. The highest BCUT2D eigenvalue weighted by Gasteiger charge is 2.28. The Balaban J connectivity index is 1.61. The molecule has 1 aliphatic heterocycles. The van der Waals surface area contributed by atoms with E-state index >= 15 is 0 Å². The summed E-state index contributed by atoms with van der Waals surface area (Å²) in [6.07, 6.45) is 0.488. The molecule has 2 aromatic heterocycles. The van der Waals surface area contributed by atoms with Crippen LogP contribution in [0.2, 0.25) is 0 Å². The predicted molar refractivity (Wildman–Crippen MR) is 90.8 cm³/mol. The summed E-state index contributed by atoms with van der Waals surface area (Å²) < 4.78 is 24.5. The zero-order chi connectivity index (χ0) is 17.3. The van der Waals surface area contributed by atoms with Gasteiger partial charge in [0.25, 0.3) is 0 Å². The second-order valence-corrected chi connectivity index (χ2v) is 9.33. The molecule has 0 spiro atoms. The molecule has 24 heavy (non-hydrogen) atoms. The molecule has 1 aliphatic rings. The first kappa shape index (κ1) is 17.2. The molecule has 1 fully saturated rings. The maximum atomic E-state index is 12.0. The quantitative estimate of drug-likeness (QED) is 0.771. The van der Waals surface area contributed by atoms with Gasteiger partial charge in [-0.15, -0.1) is 10.2 Å². The van der Waals surface area contributed by atoms with E-state index in [0.29, 0.717) is 17.1 Å². The number of amides is 1. The van der Waals surface area contributed by atoms with Gasteiger partial charge in [0, 0.05) is 12.0 Å². The van der Waals surface area contributed by atoms with Crippen molar-refractivity contribution in [1.82, 2.24) is 25.1 Å². The second-order valence-electron chi connectivity index (χ2n) is 6.11. The lowest BCUT2D eigenvalue weighted by atomic mass is 10.2. The summed E-state index contributed by atoms with van der Waals surface area (Å²) in [6.45, 7) is 4.03. The van der Waals surface area contributed by atoms with Gasteiger partial charge in [-0.1, -0.05) is 25.6 Å². The molecule has 1 atom stereocenters. The number of hydrogen-bond donors (Lipinski definition) is 1. The van der Waals surface area contributed by atoms with Crippen molar-refractivity contribution in [3.8, 4) is 0 Å². The average molecular weight is 369 g/mol. The zero-order valence-electron chi connectivity index (χ0n) is 13.5. The summed E-state index contributed by atoms with van der Waals surface area (Å²) in [7, 11) is -2.99. The molecule has 130 valence electrons. The standard InChI is InChI=1S/C14H19N5O3S2/c1-9(2)14-17-16-11-3-4-13(18-19(11)14)23-7-12(20)15-10-5-6-24(21,22)8-10/h3-4,9-10H,5-8H2,1-2H3,(H,15,20)/t10-/m0/s1. The van der Waals surface area contributed by atoms with E-state index in [1.807, 2.05) is 19.9 Å². The molecule has 1 amide bonds. The molecular weight excluding hydrogens is 350 g/mol. The summed E-state index contributed by atoms with van der Waals surface area (Å²) >= 11 is 1.30. The van der Waals surface area contributed by atoms with Crippen molar-refractivity contribution in [3.63, 3.8) is 0 Å². The van der Waals surface area contributed by atoms with Gasteiger partial charge in [-0.05, 0) is 18.6 Å². The monoisotopic (exact) mass is 369 g/mol. The minimum atomic E-state index is -2.99. The number of carbonyl (C=O) groups excluding carboxylic acids is 1. The third-order valence-corrected chi connectivity index (χ3v) is 6.42. The second kappa shape index (κ2) is 6.67. The van der Waals surface area contributed by atoms with Crippen molar-refractivity contribution >= 4 is 33.2 Å². The lowest BCUT2D eigenvalue weighted by Crippen LogP contribution is -2.36. The predicted octanol–water partition coefficient (Wildman–Crippen LogP) is 0.643. The fourth-order valence-electron chi connectivity index (χ4n) is 2.54. The number of sulfone groups is 1. The molecule has 3 rings (SSSR count). The van der Waals surface area contributed by atoms with Crippen LogP contribution in [0.4, 0.5) is 0 Å². The van der Waals surface area contributed by atoms with E-state index in [2.05, 4.69) is 20.6 Å². The van der Waals surface area contributed by atoms with Crippen molar-refractivity contribution in [1.29, 1.82) is 0 Å². The molecule has 0 radical (unpaired) electrons. The van der Waals surface area contributed by atoms with Crippen LogP contribution in [0, 0.1) is 0 Å². The van der Waals surface area contributed by atoms with Crippen LogP contribution in [0.15, 0.2) is 17.2 Å². The average Bonchev–Trinajstić information content (AvgIpc) is 3.07. The first-order chi connectivity index (χ1) is 11.3. The summed E-state index contributed by atoms with van der Waals surface area (Å²) in [4.78, 5) is 12.0. The number of carbonyl (C=O) groups is 1. The van der Waals surface area contributed by atoms with Crippen LogP contribution < -0.4 is 5.32 Å². The molecule has 0 aromatic carbocycles. The third-order valence-electron chi connectivity index (χ3n) is 3.73. The molecule has 1 saturated heterocycles. The van der Waals surface area contributed by atoms with Gasteiger partial charge in [-0.2, -0.15) is 9.61 Å². The van der Waals surface area contributed by atoms with Crippen molar-refractivity contribution in [3.05, 3.63) is 18.0 Å². The van der Waals surface area contributed by atoms with Gasteiger partial charge < -0.3 is 5.32 Å². The van der Waals surface area contributed by atoms with E-state index < -0.39 is 9.84 Å². The van der Waals surface area contributed by atoms with E-state index in [0.717, 1.165) is 5.82 Å². The number of thioether (sulfide) groups is 1. The maximum absolute atomic E-state index is 12.0.